The molecule has 0 unspecified atom stereocenters. The first-order chi connectivity index (χ1) is 15.3. The lowest BCUT2D eigenvalue weighted by atomic mass is 10.1. The van der Waals surface area contributed by atoms with E-state index in [-0.39, 0.29) is 0 Å². The molecule has 0 bridgehead atoms. The minimum atomic E-state index is 0.887. The van der Waals surface area contributed by atoms with Gasteiger partial charge in [0.25, 0.3) is 0 Å². The van der Waals surface area contributed by atoms with E-state index in [0.717, 1.165) is 65.2 Å². The molecule has 5 heterocycles. The summed E-state index contributed by atoms with van der Waals surface area (Å²) in [5.74, 6) is 0. The molecule has 5 aromatic rings. The third-order valence-corrected chi connectivity index (χ3v) is 6.14. The predicted molar refractivity (Wildman–Crippen MR) is 124 cm³/mol. The number of pyridine rings is 2. The van der Waals surface area contributed by atoms with E-state index in [0.29, 0.717) is 0 Å². The summed E-state index contributed by atoms with van der Waals surface area (Å²) in [5.41, 5.74) is 7.12. The van der Waals surface area contributed by atoms with Gasteiger partial charge < -0.3 is 14.8 Å². The highest BCUT2D eigenvalue weighted by molar-refractivity contribution is 6.00. The van der Waals surface area contributed by atoms with Crippen molar-refractivity contribution in [2.24, 2.45) is 0 Å². The summed E-state index contributed by atoms with van der Waals surface area (Å²) in [5, 5.41) is 10.0. The number of rotatable bonds is 3. The number of piperazine rings is 1. The van der Waals surface area contributed by atoms with Crippen molar-refractivity contribution in [3.05, 3.63) is 61.1 Å². The molecule has 4 aromatic heterocycles. The first-order valence-electron chi connectivity index (χ1n) is 10.6. The highest BCUT2D eigenvalue weighted by Gasteiger charge is 2.19. The minimum Gasteiger partial charge on any atom is -0.368 e. The molecule has 0 amide bonds. The van der Waals surface area contributed by atoms with Crippen LogP contribution in [0.25, 0.3) is 44.5 Å². The van der Waals surface area contributed by atoms with Gasteiger partial charge in [0.2, 0.25) is 0 Å². The maximum Gasteiger partial charge on any atom is 0.116 e. The Balaban J connectivity index is 1.44. The van der Waals surface area contributed by atoms with Crippen LogP contribution in [0, 0.1) is 0 Å². The SMILES string of the molecule is CN1CCN(c2cccc3[nH]c(-c4n[nH]c5cnc(-c6cccnc6)cc45)cc23)CC1. The Morgan fingerprint density at radius 1 is 0.903 bits per heavy atom. The summed E-state index contributed by atoms with van der Waals surface area (Å²) in [6.45, 7) is 4.26. The second-order valence-corrected chi connectivity index (χ2v) is 8.14. The Labute approximate surface area is 179 Å². The molecule has 154 valence electrons. The van der Waals surface area contributed by atoms with E-state index in [4.69, 9.17) is 0 Å². The first-order valence-corrected chi connectivity index (χ1v) is 10.6. The number of aromatic amines is 2. The van der Waals surface area contributed by atoms with Crippen LogP contribution in [-0.2, 0) is 0 Å². The number of aromatic nitrogens is 5. The smallest absolute Gasteiger partial charge is 0.116 e. The van der Waals surface area contributed by atoms with Gasteiger partial charge >= 0.3 is 0 Å². The van der Waals surface area contributed by atoms with Gasteiger partial charge in [0, 0.05) is 66.1 Å². The Bertz CT molecular complexity index is 1360. The van der Waals surface area contributed by atoms with Crippen molar-refractivity contribution in [3.8, 4) is 22.6 Å². The average molecular weight is 409 g/mol. The quantitative estimate of drug-likeness (QED) is 0.472. The van der Waals surface area contributed by atoms with Crippen LogP contribution in [0.15, 0.2) is 61.1 Å². The van der Waals surface area contributed by atoms with Gasteiger partial charge in [-0.15, -0.1) is 0 Å². The van der Waals surface area contributed by atoms with Gasteiger partial charge in [-0.3, -0.25) is 15.1 Å². The number of anilines is 1. The topological polar surface area (TPSA) is 76.7 Å². The minimum absolute atomic E-state index is 0.887. The zero-order chi connectivity index (χ0) is 20.8. The van der Waals surface area contributed by atoms with E-state index in [9.17, 15) is 0 Å². The number of nitrogens with one attached hydrogen (secondary N) is 2. The number of benzene rings is 1. The van der Waals surface area contributed by atoms with Crippen molar-refractivity contribution in [1.82, 2.24) is 30.0 Å². The van der Waals surface area contributed by atoms with E-state index in [1.165, 1.54) is 11.1 Å². The van der Waals surface area contributed by atoms with Crippen LogP contribution in [0.5, 0.6) is 0 Å². The Morgan fingerprint density at radius 2 is 1.81 bits per heavy atom. The molecule has 7 heteroatoms. The van der Waals surface area contributed by atoms with Crippen molar-refractivity contribution >= 4 is 27.5 Å². The summed E-state index contributed by atoms with van der Waals surface area (Å²) >= 11 is 0. The Hall–Kier alpha value is -3.71. The van der Waals surface area contributed by atoms with Crippen LogP contribution in [0.2, 0.25) is 0 Å². The van der Waals surface area contributed by atoms with E-state index >= 15 is 0 Å². The normalized spacial score (nSPS) is 15.2. The van der Waals surface area contributed by atoms with Gasteiger partial charge in [0.1, 0.15) is 5.69 Å². The van der Waals surface area contributed by atoms with Crippen LogP contribution in [0.4, 0.5) is 5.69 Å². The van der Waals surface area contributed by atoms with Crippen molar-refractivity contribution in [2.75, 3.05) is 38.1 Å². The molecule has 1 aromatic carbocycles. The molecule has 7 nitrogen and oxygen atoms in total. The highest BCUT2D eigenvalue weighted by atomic mass is 15.2. The van der Waals surface area contributed by atoms with E-state index in [2.05, 4.69) is 72.3 Å². The summed E-state index contributed by atoms with van der Waals surface area (Å²) in [6, 6.07) is 14.7. The molecule has 0 radical (unpaired) electrons. The lowest BCUT2D eigenvalue weighted by molar-refractivity contribution is 0.313. The molecule has 1 aliphatic rings. The van der Waals surface area contributed by atoms with E-state index in [1.54, 1.807) is 6.20 Å². The average Bonchev–Trinajstić information content (AvgIpc) is 3.43. The summed E-state index contributed by atoms with van der Waals surface area (Å²) < 4.78 is 0. The predicted octanol–water partition coefficient (Wildman–Crippen LogP) is 3.92. The van der Waals surface area contributed by atoms with Crippen LogP contribution in [0.1, 0.15) is 0 Å². The number of nitrogens with zero attached hydrogens (tertiary/aromatic N) is 5. The third-order valence-electron chi connectivity index (χ3n) is 6.14. The number of fused-ring (bicyclic) bond motifs is 2. The first kappa shape index (κ1) is 18.1. The number of H-pyrrole nitrogens is 2. The van der Waals surface area contributed by atoms with E-state index in [1.807, 2.05) is 24.5 Å². The fraction of sp³-hybridized carbons (Fsp3) is 0.208. The van der Waals surface area contributed by atoms with Crippen LogP contribution in [0.3, 0.4) is 0 Å². The van der Waals surface area contributed by atoms with Gasteiger partial charge in [-0.1, -0.05) is 6.07 Å². The molecule has 1 aliphatic heterocycles. The van der Waals surface area contributed by atoms with Gasteiger partial charge in [-0.05, 0) is 43.4 Å². The fourth-order valence-electron chi connectivity index (χ4n) is 4.38. The molecule has 1 fully saturated rings. The molecular formula is C24H23N7. The van der Waals surface area contributed by atoms with Crippen molar-refractivity contribution in [1.29, 1.82) is 0 Å². The molecular weight excluding hydrogens is 386 g/mol. The van der Waals surface area contributed by atoms with Crippen molar-refractivity contribution < 1.29 is 0 Å². The summed E-state index contributed by atoms with van der Waals surface area (Å²) in [7, 11) is 2.18. The Morgan fingerprint density at radius 3 is 2.65 bits per heavy atom. The largest absolute Gasteiger partial charge is 0.368 e. The summed E-state index contributed by atoms with van der Waals surface area (Å²) in [4.78, 5) is 17.2. The Kier molecular flexibility index (Phi) is 4.21. The van der Waals surface area contributed by atoms with Gasteiger partial charge in [0.05, 0.1) is 23.1 Å². The maximum absolute atomic E-state index is 4.62. The number of hydrogen-bond donors (Lipinski definition) is 2. The second-order valence-electron chi connectivity index (χ2n) is 8.14. The third kappa shape index (κ3) is 3.14. The van der Waals surface area contributed by atoms with Crippen LogP contribution in [-0.4, -0.2) is 63.3 Å². The van der Waals surface area contributed by atoms with Crippen LogP contribution < -0.4 is 4.90 Å². The molecule has 0 atom stereocenters. The van der Waals surface area contributed by atoms with E-state index < -0.39 is 0 Å². The molecule has 0 saturated carbocycles. The maximum atomic E-state index is 4.62. The van der Waals surface area contributed by atoms with Gasteiger partial charge in [0.15, 0.2) is 0 Å². The summed E-state index contributed by atoms with van der Waals surface area (Å²) in [6.07, 6.45) is 5.44. The van der Waals surface area contributed by atoms with Gasteiger partial charge in [-0.25, -0.2) is 0 Å². The number of hydrogen-bond acceptors (Lipinski definition) is 5. The van der Waals surface area contributed by atoms with Crippen molar-refractivity contribution in [2.45, 2.75) is 0 Å². The van der Waals surface area contributed by atoms with Crippen molar-refractivity contribution in [3.63, 3.8) is 0 Å². The zero-order valence-corrected chi connectivity index (χ0v) is 17.3. The highest BCUT2D eigenvalue weighted by Crippen LogP contribution is 2.34. The fourth-order valence-corrected chi connectivity index (χ4v) is 4.38. The molecule has 2 N–H and O–H groups in total. The lowest BCUT2D eigenvalue weighted by Crippen LogP contribution is -2.44. The molecule has 0 aliphatic carbocycles. The molecule has 1 saturated heterocycles. The number of likely N-dealkylation sites (N-methyl/N-ethyl adjacent to an activating group) is 1. The van der Waals surface area contributed by atoms with Crippen LogP contribution >= 0.6 is 0 Å². The standard InChI is InChI=1S/C24H23N7/c1-30-8-10-31(11-9-30)23-6-2-5-19-17(23)12-21(27-19)24-18-13-20(16-4-3-7-25-14-16)26-15-22(18)28-29-24/h2-7,12-15,27H,8-11H2,1H3,(H,28,29). The van der Waals surface area contributed by atoms with Gasteiger partial charge in [-0.2, -0.15) is 5.10 Å². The molecule has 6 rings (SSSR count). The lowest BCUT2D eigenvalue weighted by Gasteiger charge is -2.34. The zero-order valence-electron chi connectivity index (χ0n) is 17.3. The molecule has 0 spiro atoms. The molecule has 31 heavy (non-hydrogen) atoms. The second kappa shape index (κ2) is 7.21. The monoisotopic (exact) mass is 409 g/mol.